The number of ether oxygens (including phenoxy) is 2. The molecule has 2 aliphatic heterocycles. The van der Waals surface area contributed by atoms with Gasteiger partial charge in [-0.25, -0.2) is 0 Å². The Morgan fingerprint density at radius 3 is 2.71 bits per heavy atom. The SMILES string of the molecule is COc1ccc(C2C(C#N)=C(N)OC3=C2CNc2c3cccc2[N+](=O)[O-])cc1. The van der Waals surface area contributed by atoms with Gasteiger partial charge in [0.2, 0.25) is 5.88 Å². The second-order valence-corrected chi connectivity index (χ2v) is 6.36. The number of nitrogens with zero attached hydrogens (tertiary/aromatic N) is 2. The van der Waals surface area contributed by atoms with Gasteiger partial charge in [-0.2, -0.15) is 5.26 Å². The smallest absolute Gasteiger partial charge is 0.293 e. The van der Waals surface area contributed by atoms with Gasteiger partial charge in [0.15, 0.2) is 0 Å². The molecule has 1 atom stereocenters. The van der Waals surface area contributed by atoms with Crippen molar-refractivity contribution in [2.24, 2.45) is 5.73 Å². The van der Waals surface area contributed by atoms with E-state index in [1.807, 2.05) is 24.3 Å². The van der Waals surface area contributed by atoms with Gasteiger partial charge >= 0.3 is 0 Å². The van der Waals surface area contributed by atoms with Crippen LogP contribution in [0.15, 0.2) is 59.5 Å². The van der Waals surface area contributed by atoms with E-state index in [1.54, 1.807) is 19.2 Å². The molecule has 0 saturated heterocycles. The summed E-state index contributed by atoms with van der Waals surface area (Å²) in [6.07, 6.45) is 0. The largest absolute Gasteiger partial charge is 0.497 e. The third kappa shape index (κ3) is 2.61. The van der Waals surface area contributed by atoms with E-state index in [0.717, 1.165) is 11.1 Å². The van der Waals surface area contributed by atoms with Crippen molar-refractivity contribution in [2.45, 2.75) is 5.92 Å². The maximum atomic E-state index is 11.4. The number of fused-ring (bicyclic) bond motifs is 2. The highest BCUT2D eigenvalue weighted by molar-refractivity contribution is 5.86. The van der Waals surface area contributed by atoms with Crippen molar-refractivity contribution in [3.8, 4) is 11.8 Å². The summed E-state index contributed by atoms with van der Waals surface area (Å²) in [6.45, 7) is 0.294. The van der Waals surface area contributed by atoms with Gasteiger partial charge in [-0.05, 0) is 23.8 Å². The summed E-state index contributed by atoms with van der Waals surface area (Å²) in [5.41, 5.74) is 8.90. The predicted octanol–water partition coefficient (Wildman–Crippen LogP) is 3.25. The third-order valence-electron chi connectivity index (χ3n) is 4.92. The Kier molecular flexibility index (Phi) is 4.12. The third-order valence-corrected chi connectivity index (χ3v) is 4.92. The molecule has 0 saturated carbocycles. The Morgan fingerprint density at radius 2 is 2.07 bits per heavy atom. The van der Waals surface area contributed by atoms with E-state index >= 15 is 0 Å². The topological polar surface area (TPSA) is 123 Å². The standard InChI is InChI=1S/C20H16N4O4/c1-27-12-7-5-11(6-8-12)17-14(9-21)20(22)28-19-13-3-2-4-16(24(25)26)18(13)23-10-15(17)19/h2-8,17,23H,10,22H2,1H3. The average Bonchev–Trinajstić information content (AvgIpc) is 2.72. The number of nitro benzene ring substituents is 1. The van der Waals surface area contributed by atoms with Gasteiger partial charge < -0.3 is 20.5 Å². The normalized spacial score (nSPS) is 17.6. The zero-order chi connectivity index (χ0) is 19.8. The summed E-state index contributed by atoms with van der Waals surface area (Å²) in [6, 6.07) is 14.3. The number of anilines is 1. The number of benzene rings is 2. The lowest BCUT2D eigenvalue weighted by atomic mass is 9.80. The number of nitrogens with two attached hydrogens (primary N) is 1. The summed E-state index contributed by atoms with van der Waals surface area (Å²) in [4.78, 5) is 10.9. The molecule has 4 rings (SSSR count). The fraction of sp³-hybridized carbons (Fsp3) is 0.150. The Hall–Kier alpha value is -3.99. The lowest BCUT2D eigenvalue weighted by Crippen LogP contribution is -2.27. The summed E-state index contributed by atoms with van der Waals surface area (Å²) in [5, 5.41) is 24.1. The first-order valence-electron chi connectivity index (χ1n) is 8.51. The molecular weight excluding hydrogens is 360 g/mol. The van der Waals surface area contributed by atoms with E-state index in [4.69, 9.17) is 15.2 Å². The number of nitriles is 1. The van der Waals surface area contributed by atoms with Crippen molar-refractivity contribution in [2.75, 3.05) is 19.0 Å². The minimum absolute atomic E-state index is 0.00132. The molecule has 2 heterocycles. The van der Waals surface area contributed by atoms with E-state index < -0.39 is 10.8 Å². The van der Waals surface area contributed by atoms with Crippen LogP contribution in [-0.4, -0.2) is 18.6 Å². The molecule has 1 unspecified atom stereocenters. The molecule has 28 heavy (non-hydrogen) atoms. The number of hydrogen-bond donors (Lipinski definition) is 2. The van der Waals surface area contributed by atoms with Crippen LogP contribution in [0.25, 0.3) is 5.76 Å². The summed E-state index contributed by atoms with van der Waals surface area (Å²) < 4.78 is 11.0. The Balaban J connectivity index is 1.90. The van der Waals surface area contributed by atoms with E-state index in [9.17, 15) is 15.4 Å². The summed E-state index contributed by atoms with van der Waals surface area (Å²) in [7, 11) is 1.58. The molecule has 8 nitrogen and oxygen atoms in total. The fourth-order valence-corrected chi connectivity index (χ4v) is 3.62. The lowest BCUT2D eigenvalue weighted by Gasteiger charge is -2.33. The number of methoxy groups -OCH3 is 1. The van der Waals surface area contributed by atoms with Crippen LogP contribution >= 0.6 is 0 Å². The average molecular weight is 376 g/mol. The van der Waals surface area contributed by atoms with E-state index in [-0.39, 0.29) is 11.6 Å². The molecule has 0 bridgehead atoms. The highest BCUT2D eigenvalue weighted by atomic mass is 16.6. The maximum absolute atomic E-state index is 11.4. The van der Waals surface area contributed by atoms with Crippen LogP contribution in [0.1, 0.15) is 17.0 Å². The molecule has 0 fully saturated rings. The minimum Gasteiger partial charge on any atom is -0.497 e. The number of nitrogens with one attached hydrogen (secondary N) is 1. The number of nitro groups is 1. The molecule has 0 radical (unpaired) electrons. The van der Waals surface area contributed by atoms with Crippen molar-refractivity contribution in [1.29, 1.82) is 5.26 Å². The van der Waals surface area contributed by atoms with Crippen LogP contribution in [0.4, 0.5) is 11.4 Å². The van der Waals surface area contributed by atoms with Crippen molar-refractivity contribution >= 4 is 17.1 Å². The molecule has 2 aliphatic rings. The van der Waals surface area contributed by atoms with Crippen LogP contribution in [0.2, 0.25) is 0 Å². The Labute approximate surface area is 160 Å². The molecule has 3 N–H and O–H groups in total. The summed E-state index contributed by atoms with van der Waals surface area (Å²) in [5.74, 6) is 0.735. The predicted molar refractivity (Wildman–Crippen MR) is 102 cm³/mol. The summed E-state index contributed by atoms with van der Waals surface area (Å²) >= 11 is 0. The van der Waals surface area contributed by atoms with Gasteiger partial charge in [-0.3, -0.25) is 10.1 Å². The second kappa shape index (κ2) is 6.63. The van der Waals surface area contributed by atoms with Gasteiger partial charge in [0.1, 0.15) is 28.8 Å². The van der Waals surface area contributed by atoms with Crippen molar-refractivity contribution < 1.29 is 14.4 Å². The number of hydrogen-bond acceptors (Lipinski definition) is 7. The van der Waals surface area contributed by atoms with Crippen molar-refractivity contribution in [3.05, 3.63) is 80.7 Å². The van der Waals surface area contributed by atoms with Gasteiger partial charge in [-0.15, -0.1) is 0 Å². The molecule has 0 aliphatic carbocycles. The molecule has 0 amide bonds. The van der Waals surface area contributed by atoms with Gasteiger partial charge in [0, 0.05) is 23.7 Å². The van der Waals surface area contributed by atoms with Crippen molar-refractivity contribution in [3.63, 3.8) is 0 Å². The zero-order valence-corrected chi connectivity index (χ0v) is 14.9. The van der Waals surface area contributed by atoms with Crippen LogP contribution in [0, 0.1) is 21.4 Å². The quantitative estimate of drug-likeness (QED) is 0.622. The van der Waals surface area contributed by atoms with Crippen LogP contribution in [0.5, 0.6) is 5.75 Å². The van der Waals surface area contributed by atoms with Gasteiger partial charge in [0.25, 0.3) is 5.69 Å². The molecule has 2 aromatic rings. The van der Waals surface area contributed by atoms with Gasteiger partial charge in [-0.1, -0.05) is 18.2 Å². The zero-order valence-electron chi connectivity index (χ0n) is 14.9. The first-order chi connectivity index (χ1) is 13.5. The molecule has 0 aromatic heterocycles. The van der Waals surface area contributed by atoms with Crippen LogP contribution < -0.4 is 15.8 Å². The molecule has 2 aromatic carbocycles. The number of allylic oxidation sites excluding steroid dienone is 1. The Morgan fingerprint density at radius 1 is 1.32 bits per heavy atom. The number of rotatable bonds is 3. The van der Waals surface area contributed by atoms with E-state index in [0.29, 0.717) is 34.9 Å². The van der Waals surface area contributed by atoms with E-state index in [1.165, 1.54) is 6.07 Å². The first-order valence-corrected chi connectivity index (χ1v) is 8.51. The lowest BCUT2D eigenvalue weighted by molar-refractivity contribution is -0.384. The highest BCUT2D eigenvalue weighted by Gasteiger charge is 2.37. The number of para-hydroxylation sites is 1. The maximum Gasteiger partial charge on any atom is 0.293 e. The Bertz CT molecular complexity index is 1080. The van der Waals surface area contributed by atoms with Crippen molar-refractivity contribution in [1.82, 2.24) is 0 Å². The molecule has 140 valence electrons. The fourth-order valence-electron chi connectivity index (χ4n) is 3.62. The second-order valence-electron chi connectivity index (χ2n) is 6.36. The monoisotopic (exact) mass is 376 g/mol. The molecular formula is C20H16N4O4. The molecule has 0 spiro atoms. The van der Waals surface area contributed by atoms with E-state index in [2.05, 4.69) is 11.4 Å². The highest BCUT2D eigenvalue weighted by Crippen LogP contribution is 2.47. The minimum atomic E-state index is -0.443. The van der Waals surface area contributed by atoms with Gasteiger partial charge in [0.05, 0.1) is 18.0 Å². The van der Waals surface area contributed by atoms with Crippen LogP contribution in [0.3, 0.4) is 0 Å². The molecule has 8 heteroatoms. The van der Waals surface area contributed by atoms with Crippen LogP contribution in [-0.2, 0) is 4.74 Å². The first kappa shape index (κ1) is 17.4.